The van der Waals surface area contributed by atoms with Crippen LogP contribution in [0.15, 0.2) is 29.2 Å². The summed E-state index contributed by atoms with van der Waals surface area (Å²) in [4.78, 5) is 0. The van der Waals surface area contributed by atoms with Gasteiger partial charge in [-0.25, -0.2) is 0 Å². The van der Waals surface area contributed by atoms with E-state index in [4.69, 9.17) is 13.9 Å². The number of aliphatic hydroxyl groups excluding tert-OH is 1. The normalized spacial score (nSPS) is 15.2. The van der Waals surface area contributed by atoms with Crippen LogP contribution in [0.1, 0.15) is 32.3 Å². The van der Waals surface area contributed by atoms with Crippen molar-refractivity contribution >= 4 is 0 Å². The molecule has 0 saturated heterocycles. The van der Waals surface area contributed by atoms with Crippen molar-refractivity contribution in [1.29, 1.82) is 0 Å². The Labute approximate surface area is 115 Å². The molecule has 0 fully saturated rings. The first-order valence-electron chi connectivity index (χ1n) is 6.45. The van der Waals surface area contributed by atoms with Crippen LogP contribution in [0.4, 0.5) is 0 Å². The number of furan rings is 1. The number of rotatable bonds is 8. The third kappa shape index (κ3) is 5.19. The molecular weight excluding hydrogens is 244 g/mol. The number of aliphatic hydroxyl groups is 1. The summed E-state index contributed by atoms with van der Waals surface area (Å²) in [5, 5.41) is 9.90. The zero-order valence-corrected chi connectivity index (χ0v) is 12.2. The van der Waals surface area contributed by atoms with Crippen LogP contribution in [-0.4, -0.2) is 24.1 Å². The predicted octanol–water partition coefficient (Wildman–Crippen LogP) is 2.90. The highest BCUT2D eigenvalue weighted by Gasteiger charge is 2.18. The molecule has 1 N–H and O–H groups in total. The van der Waals surface area contributed by atoms with Crippen molar-refractivity contribution in [3.05, 3.63) is 36.3 Å². The molecule has 0 aliphatic carbocycles. The van der Waals surface area contributed by atoms with E-state index >= 15 is 0 Å². The number of ether oxygens (including phenoxy) is 2. The Morgan fingerprint density at radius 3 is 2.63 bits per heavy atom. The van der Waals surface area contributed by atoms with Gasteiger partial charge in [-0.05, 0) is 26.0 Å². The Morgan fingerprint density at radius 2 is 2.05 bits per heavy atom. The molecule has 0 unspecified atom stereocenters. The van der Waals surface area contributed by atoms with Gasteiger partial charge in [-0.15, -0.1) is 6.58 Å². The molecule has 0 spiro atoms. The van der Waals surface area contributed by atoms with Gasteiger partial charge in [0.1, 0.15) is 18.1 Å². The number of hydrogen-bond acceptors (Lipinski definition) is 4. The van der Waals surface area contributed by atoms with Crippen LogP contribution >= 0.6 is 0 Å². The van der Waals surface area contributed by atoms with Gasteiger partial charge in [0.15, 0.2) is 5.79 Å². The third-order valence-corrected chi connectivity index (χ3v) is 3.16. The van der Waals surface area contributed by atoms with E-state index in [9.17, 15) is 5.11 Å². The summed E-state index contributed by atoms with van der Waals surface area (Å²) in [6.45, 7) is 9.61. The molecule has 2 atom stereocenters. The van der Waals surface area contributed by atoms with Gasteiger partial charge in [0.05, 0.1) is 6.10 Å². The third-order valence-electron chi connectivity index (χ3n) is 3.16. The summed E-state index contributed by atoms with van der Waals surface area (Å²) in [5.41, 5.74) is 0. The monoisotopic (exact) mass is 268 g/mol. The van der Waals surface area contributed by atoms with Gasteiger partial charge < -0.3 is 19.0 Å². The summed E-state index contributed by atoms with van der Waals surface area (Å²) < 4.78 is 16.3. The average Bonchev–Trinajstić information content (AvgIpc) is 2.83. The molecule has 0 aliphatic heterocycles. The van der Waals surface area contributed by atoms with Gasteiger partial charge in [0.2, 0.25) is 0 Å². The Hall–Kier alpha value is -1.10. The lowest BCUT2D eigenvalue weighted by Gasteiger charge is -2.22. The van der Waals surface area contributed by atoms with Gasteiger partial charge in [0.25, 0.3) is 0 Å². The average molecular weight is 268 g/mol. The molecule has 1 aromatic heterocycles. The maximum Gasteiger partial charge on any atom is 0.162 e. The molecule has 19 heavy (non-hydrogen) atoms. The SMILES string of the molecule is C=C[C@H](C)[C@@H](O)Cc1ccc(COC(C)(C)OC)o1. The molecule has 0 saturated carbocycles. The highest BCUT2D eigenvalue weighted by atomic mass is 16.7. The van der Waals surface area contributed by atoms with Crippen molar-refractivity contribution in [3.63, 3.8) is 0 Å². The maximum absolute atomic E-state index is 9.90. The molecule has 0 amide bonds. The van der Waals surface area contributed by atoms with E-state index in [0.717, 1.165) is 11.5 Å². The molecule has 0 aliphatic rings. The maximum atomic E-state index is 9.90. The predicted molar refractivity (Wildman–Crippen MR) is 73.7 cm³/mol. The summed E-state index contributed by atoms with van der Waals surface area (Å²) >= 11 is 0. The second kappa shape index (κ2) is 6.89. The first-order chi connectivity index (χ1) is 8.88. The smallest absolute Gasteiger partial charge is 0.162 e. The van der Waals surface area contributed by atoms with E-state index in [1.165, 1.54) is 0 Å². The summed E-state index contributed by atoms with van der Waals surface area (Å²) in [6.07, 6.45) is 1.73. The van der Waals surface area contributed by atoms with Crippen LogP contribution in [0, 0.1) is 5.92 Å². The fourth-order valence-electron chi connectivity index (χ4n) is 1.46. The summed E-state index contributed by atoms with van der Waals surface area (Å²) in [5.74, 6) is 0.870. The van der Waals surface area contributed by atoms with Crippen LogP contribution in [-0.2, 0) is 22.5 Å². The van der Waals surface area contributed by atoms with Crippen molar-refractivity contribution in [2.24, 2.45) is 5.92 Å². The van der Waals surface area contributed by atoms with Crippen LogP contribution in [0.2, 0.25) is 0 Å². The first-order valence-corrected chi connectivity index (χ1v) is 6.45. The largest absolute Gasteiger partial charge is 0.464 e. The van der Waals surface area contributed by atoms with Gasteiger partial charge in [-0.1, -0.05) is 13.0 Å². The second-order valence-corrected chi connectivity index (χ2v) is 5.13. The highest BCUT2D eigenvalue weighted by molar-refractivity contribution is 5.08. The minimum absolute atomic E-state index is 0.0391. The Balaban J connectivity index is 2.51. The van der Waals surface area contributed by atoms with Crippen LogP contribution in [0.5, 0.6) is 0 Å². The highest BCUT2D eigenvalue weighted by Crippen LogP contribution is 2.18. The molecule has 1 heterocycles. The lowest BCUT2D eigenvalue weighted by Crippen LogP contribution is -2.26. The van der Waals surface area contributed by atoms with Crippen LogP contribution in [0.25, 0.3) is 0 Å². The van der Waals surface area contributed by atoms with E-state index in [1.807, 2.05) is 32.9 Å². The molecule has 0 bridgehead atoms. The van der Waals surface area contributed by atoms with Crippen molar-refractivity contribution in [1.82, 2.24) is 0 Å². The zero-order valence-electron chi connectivity index (χ0n) is 12.2. The molecule has 108 valence electrons. The zero-order chi connectivity index (χ0) is 14.5. The number of methoxy groups -OCH3 is 1. The fraction of sp³-hybridized carbons (Fsp3) is 0.600. The molecule has 0 aromatic carbocycles. The number of hydrogen-bond donors (Lipinski definition) is 1. The van der Waals surface area contributed by atoms with Gasteiger partial charge in [-0.3, -0.25) is 0 Å². The van der Waals surface area contributed by atoms with E-state index in [0.29, 0.717) is 13.0 Å². The lowest BCUT2D eigenvalue weighted by atomic mass is 10.0. The van der Waals surface area contributed by atoms with Crippen molar-refractivity contribution in [2.75, 3.05) is 7.11 Å². The van der Waals surface area contributed by atoms with Gasteiger partial charge in [-0.2, -0.15) is 0 Å². The quantitative estimate of drug-likeness (QED) is 0.582. The van der Waals surface area contributed by atoms with E-state index in [2.05, 4.69) is 6.58 Å². The molecule has 4 nitrogen and oxygen atoms in total. The molecule has 1 rings (SSSR count). The first kappa shape index (κ1) is 16.0. The minimum atomic E-state index is -0.635. The molecule has 0 radical (unpaired) electrons. The van der Waals surface area contributed by atoms with E-state index < -0.39 is 11.9 Å². The van der Waals surface area contributed by atoms with Crippen LogP contribution < -0.4 is 0 Å². The lowest BCUT2D eigenvalue weighted by molar-refractivity contribution is -0.206. The minimum Gasteiger partial charge on any atom is -0.464 e. The topological polar surface area (TPSA) is 51.8 Å². The van der Waals surface area contributed by atoms with Crippen molar-refractivity contribution in [3.8, 4) is 0 Å². The van der Waals surface area contributed by atoms with Gasteiger partial charge in [0, 0.05) is 19.4 Å². The molecular formula is C15H24O4. The van der Waals surface area contributed by atoms with E-state index in [1.54, 1.807) is 13.2 Å². The summed E-state index contributed by atoms with van der Waals surface area (Å²) in [7, 11) is 1.60. The fourth-order valence-corrected chi connectivity index (χ4v) is 1.46. The van der Waals surface area contributed by atoms with Crippen LogP contribution in [0.3, 0.4) is 0 Å². The van der Waals surface area contributed by atoms with Crippen molar-refractivity contribution in [2.45, 2.75) is 45.7 Å². The van der Waals surface area contributed by atoms with Crippen molar-refractivity contribution < 1.29 is 19.0 Å². The Morgan fingerprint density at radius 1 is 1.42 bits per heavy atom. The van der Waals surface area contributed by atoms with E-state index in [-0.39, 0.29) is 5.92 Å². The Kier molecular flexibility index (Phi) is 5.79. The standard InChI is InChI=1S/C15H24O4/c1-6-11(2)14(16)9-12-7-8-13(19-12)10-18-15(3,4)17-5/h6-8,11,14,16H,1,9-10H2,2-5H3/t11-,14-/m0/s1. The second-order valence-electron chi connectivity index (χ2n) is 5.13. The van der Waals surface area contributed by atoms with Gasteiger partial charge >= 0.3 is 0 Å². The Bertz CT molecular complexity index is 395. The summed E-state index contributed by atoms with van der Waals surface area (Å²) in [6, 6.07) is 3.71. The molecule has 1 aromatic rings. The molecule has 4 heteroatoms.